The summed E-state index contributed by atoms with van der Waals surface area (Å²) in [6.07, 6.45) is 5.81. The third kappa shape index (κ3) is 22.5. The first-order valence-electron chi connectivity index (χ1n) is 20.5. The van der Waals surface area contributed by atoms with Gasteiger partial charge >= 0.3 is 37.4 Å². The SMILES string of the molecule is CC(=O)OCCCP(c1ccccc1)c1ccccc1.CC(=O)OCCCP(c1ccccc1)c1ccccc1.CC(=O)OCCCP(c1ccccc1)c1ccccc1.[C]=O.[H-].[H-].[H-].[Rh+3]. The van der Waals surface area contributed by atoms with Crippen LogP contribution in [0.2, 0.25) is 0 Å². The van der Waals surface area contributed by atoms with Gasteiger partial charge in [-0.1, -0.05) is 182 Å². The van der Waals surface area contributed by atoms with E-state index < -0.39 is 0 Å². The van der Waals surface area contributed by atoms with Gasteiger partial charge in [0.15, 0.2) is 0 Å². The second-order valence-corrected chi connectivity index (χ2v) is 20.6. The smallest absolute Gasteiger partial charge is 1.00 e. The van der Waals surface area contributed by atoms with E-state index in [1.54, 1.807) is 0 Å². The molecule has 7 nitrogen and oxygen atoms in total. The van der Waals surface area contributed by atoms with Crippen LogP contribution in [0, 0.1) is 0 Å². The Bertz CT molecular complexity index is 1740. The van der Waals surface area contributed by atoms with Gasteiger partial charge in [-0.15, -0.1) is 0 Å². The summed E-state index contributed by atoms with van der Waals surface area (Å²) in [6, 6.07) is 63.5. The molecule has 334 valence electrons. The Morgan fingerprint density at radius 2 is 0.524 bits per heavy atom. The van der Waals surface area contributed by atoms with Crippen molar-refractivity contribution in [2.45, 2.75) is 40.0 Å². The molecule has 0 saturated heterocycles. The van der Waals surface area contributed by atoms with Crippen LogP contribution in [0.5, 0.6) is 0 Å². The third-order valence-electron chi connectivity index (χ3n) is 8.90. The van der Waals surface area contributed by atoms with Gasteiger partial charge in [-0.3, -0.25) is 19.2 Å². The number of carbonyl (C=O) groups excluding carboxylic acids is 4. The van der Waals surface area contributed by atoms with Gasteiger partial charge in [-0.05, 0) is 93.3 Å². The van der Waals surface area contributed by atoms with Crippen molar-refractivity contribution in [1.82, 2.24) is 0 Å². The molecule has 0 spiro atoms. The fraction of sp³-hybridized carbons (Fsp3) is 0.231. The average Bonchev–Trinajstić information content (AvgIpc) is 3.31. The van der Waals surface area contributed by atoms with E-state index >= 15 is 0 Å². The Morgan fingerprint density at radius 1 is 0.365 bits per heavy atom. The summed E-state index contributed by atoms with van der Waals surface area (Å²) in [4.78, 5) is 39.9. The van der Waals surface area contributed by atoms with E-state index in [0.29, 0.717) is 19.8 Å². The molecule has 6 aromatic rings. The molecule has 0 unspecified atom stereocenters. The van der Waals surface area contributed by atoms with E-state index in [-0.39, 0.29) is 65.4 Å². The van der Waals surface area contributed by atoms with Crippen LogP contribution < -0.4 is 31.8 Å². The molecule has 0 aliphatic carbocycles. The molecule has 0 atom stereocenters. The molecule has 0 aliphatic heterocycles. The van der Waals surface area contributed by atoms with E-state index in [4.69, 9.17) is 19.0 Å². The minimum absolute atomic E-state index is 0. The first-order valence-corrected chi connectivity index (χ1v) is 25.1. The molecule has 0 amide bonds. The minimum atomic E-state index is -0.373. The number of rotatable bonds is 18. The Kier molecular flexibility index (Phi) is 29.2. The van der Waals surface area contributed by atoms with Crippen molar-refractivity contribution >= 4 is 80.3 Å². The first-order chi connectivity index (χ1) is 30.3. The standard InChI is InChI=1S/3C17H19O2P.CO.Rh.3H/c3*1-15(18)19-13-8-14-20(16-9-4-2-5-10-16)17-11-6-3-7-12-17;1-2;;;;/h3*2-7,9-12H,8,13-14H2,1H3;;;;;/q;;;;+3;3*-1. The van der Waals surface area contributed by atoms with Crippen molar-refractivity contribution in [3.63, 3.8) is 0 Å². The van der Waals surface area contributed by atoms with E-state index in [1.165, 1.54) is 52.6 Å². The minimum Gasteiger partial charge on any atom is -1.00 e. The molecule has 0 heterocycles. The molecular weight excluding hydrogens is 932 g/mol. The first kappa shape index (κ1) is 54.4. The maximum atomic E-state index is 10.8. The quantitative estimate of drug-likeness (QED) is 0.0279. The number of hydrogen-bond acceptors (Lipinski definition) is 7. The summed E-state index contributed by atoms with van der Waals surface area (Å²) in [5.74, 6) is -0.601. The Hall–Kier alpha value is -4.69. The molecule has 6 rings (SSSR count). The molecule has 6 aromatic carbocycles. The zero-order valence-corrected chi connectivity index (χ0v) is 40.5. The van der Waals surface area contributed by atoms with Gasteiger partial charge in [-0.2, -0.15) is 0 Å². The second kappa shape index (κ2) is 33.8. The van der Waals surface area contributed by atoms with Crippen molar-refractivity contribution in [3.05, 3.63) is 182 Å². The maximum absolute atomic E-state index is 10.8. The van der Waals surface area contributed by atoms with Gasteiger partial charge in [0.25, 0.3) is 6.79 Å². The van der Waals surface area contributed by atoms with Crippen LogP contribution in [0.15, 0.2) is 182 Å². The Labute approximate surface area is 395 Å². The predicted molar refractivity (Wildman–Crippen MR) is 265 cm³/mol. The van der Waals surface area contributed by atoms with Gasteiger partial charge < -0.3 is 18.5 Å². The summed E-state index contributed by atoms with van der Waals surface area (Å²) in [7, 11) is -1.12. The zero-order chi connectivity index (χ0) is 44.6. The summed E-state index contributed by atoms with van der Waals surface area (Å²) >= 11 is 0. The van der Waals surface area contributed by atoms with Crippen LogP contribution in [-0.2, 0) is 52.9 Å². The van der Waals surface area contributed by atoms with Crippen LogP contribution in [0.1, 0.15) is 44.3 Å². The fourth-order valence-electron chi connectivity index (χ4n) is 6.19. The topological polar surface area (TPSA) is 96.0 Å². The van der Waals surface area contributed by atoms with Crippen molar-refractivity contribution in [1.29, 1.82) is 0 Å². The summed E-state index contributed by atoms with van der Waals surface area (Å²) in [6.45, 7) is 10.4. The molecule has 63 heavy (non-hydrogen) atoms. The molecule has 0 fully saturated rings. The number of benzene rings is 6. The molecule has 0 N–H and O–H groups in total. The van der Waals surface area contributed by atoms with Crippen LogP contribution >= 0.6 is 23.8 Å². The van der Waals surface area contributed by atoms with Crippen molar-refractivity contribution in [3.8, 4) is 0 Å². The largest absolute Gasteiger partial charge is 3.00 e. The fourth-order valence-corrected chi connectivity index (χ4v) is 13.2. The number of esters is 3. The Morgan fingerprint density at radius 3 is 0.667 bits per heavy atom. The predicted octanol–water partition coefficient (Wildman–Crippen LogP) is 9.16. The van der Waals surface area contributed by atoms with Crippen molar-refractivity contribution in [2.24, 2.45) is 0 Å². The summed E-state index contributed by atoms with van der Waals surface area (Å²) < 4.78 is 15.1. The average molecular weight is 993 g/mol. The van der Waals surface area contributed by atoms with E-state index in [2.05, 4.69) is 152 Å². The number of hydrogen-bond donors (Lipinski definition) is 0. The zero-order valence-electron chi connectivity index (χ0n) is 39.2. The van der Waals surface area contributed by atoms with Gasteiger partial charge in [0.1, 0.15) is 0 Å². The monoisotopic (exact) mass is 992 g/mol. The summed E-state index contributed by atoms with van der Waals surface area (Å²) in [5, 5.41) is 8.23. The molecule has 2 radical (unpaired) electrons. The van der Waals surface area contributed by atoms with E-state index in [0.717, 1.165) is 37.7 Å². The molecule has 0 saturated carbocycles. The molecular formula is C52H60O7P3Rh. The maximum Gasteiger partial charge on any atom is 3.00 e. The van der Waals surface area contributed by atoms with Crippen LogP contribution in [-0.4, -0.2) is 63.0 Å². The van der Waals surface area contributed by atoms with Gasteiger partial charge in [0, 0.05) is 20.8 Å². The molecule has 11 heteroatoms. The van der Waals surface area contributed by atoms with Crippen molar-refractivity contribution < 1.29 is 57.1 Å². The normalized spacial score (nSPS) is 10.1. The van der Waals surface area contributed by atoms with Crippen molar-refractivity contribution in [2.75, 3.05) is 38.3 Å². The summed E-state index contributed by atoms with van der Waals surface area (Å²) in [5.41, 5.74) is 0. The third-order valence-corrected chi connectivity index (χ3v) is 16.7. The second-order valence-electron chi connectivity index (χ2n) is 13.5. The van der Waals surface area contributed by atoms with Gasteiger partial charge in [0.2, 0.25) is 0 Å². The van der Waals surface area contributed by atoms with Crippen LogP contribution in [0.3, 0.4) is 0 Å². The molecule has 0 aliphatic rings. The molecule has 0 aromatic heterocycles. The van der Waals surface area contributed by atoms with Gasteiger partial charge in [0.05, 0.1) is 19.8 Å². The molecule has 0 bridgehead atoms. The number of ether oxygens (including phenoxy) is 3. The van der Waals surface area contributed by atoms with E-state index in [9.17, 15) is 14.4 Å². The Balaban J connectivity index is 0. The van der Waals surface area contributed by atoms with E-state index in [1.807, 2.05) is 36.4 Å². The van der Waals surface area contributed by atoms with Gasteiger partial charge in [-0.25, -0.2) is 0 Å². The van der Waals surface area contributed by atoms with Crippen LogP contribution in [0.4, 0.5) is 0 Å². The number of carbonyl (C=O) groups is 3. The van der Waals surface area contributed by atoms with Crippen LogP contribution in [0.25, 0.3) is 0 Å².